The summed E-state index contributed by atoms with van der Waals surface area (Å²) < 4.78 is 13.6. The van der Waals surface area contributed by atoms with Gasteiger partial charge in [0.2, 0.25) is 5.91 Å². The van der Waals surface area contributed by atoms with Crippen molar-refractivity contribution < 1.29 is 9.18 Å². The zero-order valence-electron chi connectivity index (χ0n) is 19.4. The van der Waals surface area contributed by atoms with Crippen LogP contribution in [0.4, 0.5) is 15.2 Å². The standard InChI is InChI=1S/C26H31FN4OS/c1-4-30(22-14-15-22)26-28-21(18-33-26)17-31(23-12-10-20(27)11-13-23)25(32)24(29(2)3)16-19-8-6-5-7-9-19/h5-13,18,22,24H,4,14-17H2,1-3H3. The molecular weight excluding hydrogens is 435 g/mol. The first-order chi connectivity index (χ1) is 16.0. The summed E-state index contributed by atoms with van der Waals surface area (Å²) in [5, 5.41) is 3.04. The van der Waals surface area contributed by atoms with E-state index in [2.05, 4.69) is 11.8 Å². The highest BCUT2D eigenvalue weighted by Crippen LogP contribution is 2.33. The fraction of sp³-hybridized carbons (Fsp3) is 0.385. The molecule has 1 aliphatic rings. The number of benzene rings is 2. The van der Waals surface area contributed by atoms with Crippen molar-refractivity contribution in [3.05, 3.63) is 77.1 Å². The third-order valence-corrected chi connectivity index (χ3v) is 6.94. The van der Waals surface area contributed by atoms with Gasteiger partial charge in [0.05, 0.1) is 18.3 Å². The van der Waals surface area contributed by atoms with Crippen molar-refractivity contribution in [2.45, 2.75) is 44.8 Å². The first-order valence-electron chi connectivity index (χ1n) is 11.4. The van der Waals surface area contributed by atoms with Gasteiger partial charge in [-0.15, -0.1) is 11.3 Å². The van der Waals surface area contributed by atoms with E-state index in [1.165, 1.54) is 25.0 Å². The van der Waals surface area contributed by atoms with Crippen LogP contribution in [0.5, 0.6) is 0 Å². The molecule has 0 aliphatic heterocycles. The number of likely N-dealkylation sites (N-methyl/N-ethyl adjacent to an activating group) is 1. The molecule has 1 aromatic heterocycles. The molecule has 1 aliphatic carbocycles. The molecule has 1 saturated carbocycles. The van der Waals surface area contributed by atoms with E-state index < -0.39 is 0 Å². The third-order valence-electron chi connectivity index (χ3n) is 6.02. The average Bonchev–Trinajstić information content (AvgIpc) is 3.55. The van der Waals surface area contributed by atoms with E-state index in [-0.39, 0.29) is 17.8 Å². The van der Waals surface area contributed by atoms with Gasteiger partial charge in [-0.2, -0.15) is 0 Å². The van der Waals surface area contributed by atoms with Gasteiger partial charge in [0.15, 0.2) is 5.13 Å². The highest BCUT2D eigenvalue weighted by atomic mass is 32.1. The van der Waals surface area contributed by atoms with Crippen molar-refractivity contribution >= 4 is 28.1 Å². The Kier molecular flexibility index (Phi) is 7.40. The average molecular weight is 467 g/mol. The Morgan fingerprint density at radius 3 is 2.42 bits per heavy atom. The highest BCUT2D eigenvalue weighted by Gasteiger charge is 2.31. The van der Waals surface area contributed by atoms with Gasteiger partial charge in [-0.3, -0.25) is 9.69 Å². The van der Waals surface area contributed by atoms with Crippen molar-refractivity contribution in [2.24, 2.45) is 0 Å². The number of rotatable bonds is 10. The molecule has 174 valence electrons. The number of hydrogen-bond acceptors (Lipinski definition) is 5. The summed E-state index contributed by atoms with van der Waals surface area (Å²) in [5.41, 5.74) is 2.62. The quantitative estimate of drug-likeness (QED) is 0.423. The van der Waals surface area contributed by atoms with Crippen LogP contribution >= 0.6 is 11.3 Å². The smallest absolute Gasteiger partial charge is 0.245 e. The fourth-order valence-electron chi connectivity index (χ4n) is 4.02. The minimum Gasteiger partial charge on any atom is -0.345 e. The molecule has 7 heteroatoms. The van der Waals surface area contributed by atoms with Gasteiger partial charge >= 0.3 is 0 Å². The largest absolute Gasteiger partial charge is 0.345 e. The first kappa shape index (κ1) is 23.4. The number of carbonyl (C=O) groups excluding carboxylic acids is 1. The van der Waals surface area contributed by atoms with E-state index >= 15 is 0 Å². The van der Waals surface area contributed by atoms with E-state index in [1.807, 2.05) is 54.7 Å². The lowest BCUT2D eigenvalue weighted by Gasteiger charge is -2.30. The number of amides is 1. The number of nitrogens with zero attached hydrogens (tertiary/aromatic N) is 4. The first-order valence-corrected chi connectivity index (χ1v) is 12.3. The summed E-state index contributed by atoms with van der Waals surface area (Å²) >= 11 is 1.63. The van der Waals surface area contributed by atoms with Gasteiger partial charge in [0, 0.05) is 23.7 Å². The van der Waals surface area contributed by atoms with Crippen LogP contribution < -0.4 is 9.80 Å². The van der Waals surface area contributed by atoms with E-state index in [1.54, 1.807) is 28.4 Å². The highest BCUT2D eigenvalue weighted by molar-refractivity contribution is 7.13. The van der Waals surface area contributed by atoms with Crippen LogP contribution in [0, 0.1) is 5.82 Å². The van der Waals surface area contributed by atoms with Crippen LogP contribution in [0.2, 0.25) is 0 Å². The van der Waals surface area contributed by atoms with E-state index in [4.69, 9.17) is 4.98 Å². The molecule has 5 nitrogen and oxygen atoms in total. The Hall–Kier alpha value is -2.77. The molecule has 0 radical (unpaired) electrons. The van der Waals surface area contributed by atoms with Crippen molar-refractivity contribution in [1.82, 2.24) is 9.88 Å². The van der Waals surface area contributed by atoms with Gasteiger partial charge in [-0.25, -0.2) is 9.37 Å². The summed E-state index contributed by atoms with van der Waals surface area (Å²) in [4.78, 5) is 24.7. The zero-order valence-corrected chi connectivity index (χ0v) is 20.3. The molecule has 0 N–H and O–H groups in total. The van der Waals surface area contributed by atoms with Crippen molar-refractivity contribution in [2.75, 3.05) is 30.4 Å². The number of hydrogen-bond donors (Lipinski definition) is 0. The Balaban J connectivity index is 1.61. The molecule has 3 aromatic rings. The van der Waals surface area contributed by atoms with Gasteiger partial charge in [0.1, 0.15) is 5.82 Å². The van der Waals surface area contributed by atoms with E-state index in [0.29, 0.717) is 24.7 Å². The molecule has 0 spiro atoms. The number of carbonyl (C=O) groups is 1. The number of aromatic nitrogens is 1. The Labute approximate surface area is 199 Å². The van der Waals surface area contributed by atoms with Gasteiger partial charge in [-0.1, -0.05) is 30.3 Å². The van der Waals surface area contributed by atoms with Gasteiger partial charge in [-0.05, 0) is 70.1 Å². The van der Waals surface area contributed by atoms with Crippen LogP contribution in [-0.2, 0) is 17.8 Å². The predicted molar refractivity (Wildman–Crippen MR) is 133 cm³/mol. The third kappa shape index (κ3) is 5.78. The second kappa shape index (κ2) is 10.4. The van der Waals surface area contributed by atoms with Gasteiger partial charge in [0.25, 0.3) is 0 Å². The fourth-order valence-corrected chi connectivity index (χ4v) is 4.98. The SMILES string of the molecule is CCN(c1nc(CN(C(=O)C(Cc2ccccc2)N(C)C)c2ccc(F)cc2)cs1)C1CC1. The minimum atomic E-state index is -0.353. The lowest BCUT2D eigenvalue weighted by Crippen LogP contribution is -2.47. The molecule has 0 bridgehead atoms. The maximum atomic E-state index is 13.8. The molecule has 33 heavy (non-hydrogen) atoms. The van der Waals surface area contributed by atoms with Crippen LogP contribution in [0.15, 0.2) is 60.0 Å². The Bertz CT molecular complexity index is 1050. The molecule has 1 heterocycles. The topological polar surface area (TPSA) is 39.7 Å². The molecule has 1 unspecified atom stereocenters. The monoisotopic (exact) mass is 466 g/mol. The molecule has 0 saturated heterocycles. The van der Waals surface area contributed by atoms with Gasteiger partial charge < -0.3 is 9.80 Å². The van der Waals surface area contributed by atoms with Crippen molar-refractivity contribution in [3.8, 4) is 0 Å². The lowest BCUT2D eigenvalue weighted by atomic mass is 10.0. The molecule has 1 atom stereocenters. The second-order valence-electron chi connectivity index (χ2n) is 8.71. The zero-order chi connectivity index (χ0) is 23.4. The summed E-state index contributed by atoms with van der Waals surface area (Å²) in [6.07, 6.45) is 3.03. The second-order valence-corrected chi connectivity index (χ2v) is 9.55. The Morgan fingerprint density at radius 2 is 1.82 bits per heavy atom. The lowest BCUT2D eigenvalue weighted by molar-refractivity contribution is -0.123. The predicted octanol–water partition coefficient (Wildman–Crippen LogP) is 4.98. The number of thiazole rings is 1. The van der Waals surface area contributed by atoms with Crippen molar-refractivity contribution in [3.63, 3.8) is 0 Å². The maximum Gasteiger partial charge on any atom is 0.245 e. The summed E-state index contributed by atoms with van der Waals surface area (Å²) in [7, 11) is 3.84. The Morgan fingerprint density at radius 1 is 1.12 bits per heavy atom. The normalized spacial score (nSPS) is 14.3. The number of halogens is 1. The summed E-state index contributed by atoms with van der Waals surface area (Å²) in [6.45, 7) is 3.43. The molecule has 4 rings (SSSR count). The molecule has 1 fully saturated rings. The number of anilines is 2. The van der Waals surface area contributed by atoms with E-state index in [0.717, 1.165) is 22.9 Å². The van der Waals surface area contributed by atoms with Crippen LogP contribution in [0.25, 0.3) is 0 Å². The van der Waals surface area contributed by atoms with Crippen LogP contribution in [-0.4, -0.2) is 48.5 Å². The van der Waals surface area contributed by atoms with Crippen LogP contribution in [0.3, 0.4) is 0 Å². The minimum absolute atomic E-state index is 0.0282. The molecule has 2 aromatic carbocycles. The maximum absolute atomic E-state index is 13.8. The summed E-state index contributed by atoms with van der Waals surface area (Å²) in [6, 6.07) is 16.4. The molecular formula is C26H31FN4OS. The van der Waals surface area contributed by atoms with Crippen LogP contribution in [0.1, 0.15) is 31.0 Å². The molecule has 1 amide bonds. The van der Waals surface area contributed by atoms with E-state index in [9.17, 15) is 9.18 Å². The van der Waals surface area contributed by atoms with Crippen molar-refractivity contribution in [1.29, 1.82) is 0 Å². The summed E-state index contributed by atoms with van der Waals surface area (Å²) in [5.74, 6) is -0.349.